The van der Waals surface area contributed by atoms with Crippen molar-refractivity contribution in [2.45, 2.75) is 55.8 Å². The lowest BCUT2D eigenvalue weighted by atomic mass is 10.2. The predicted octanol–water partition coefficient (Wildman–Crippen LogP) is 4.29. The first kappa shape index (κ1) is 24.1. The molecule has 1 aliphatic carbocycles. The van der Waals surface area contributed by atoms with Gasteiger partial charge in [0.05, 0.1) is 41.7 Å². The van der Waals surface area contributed by atoms with Crippen LogP contribution >= 0.6 is 11.3 Å². The highest BCUT2D eigenvalue weighted by molar-refractivity contribution is 7.90. The van der Waals surface area contributed by atoms with Gasteiger partial charge in [-0.2, -0.15) is 0 Å². The van der Waals surface area contributed by atoms with Crippen LogP contribution in [0.3, 0.4) is 0 Å². The Morgan fingerprint density at radius 3 is 2.66 bits per heavy atom. The minimum Gasteiger partial charge on any atom is -0.376 e. The Kier molecular flexibility index (Phi) is 7.04. The SMILES string of the molecule is O=C(c1cccs1)N(Cc1cnc(S(=O)(=O)Cc2ccc(F)cc2)n1C[C@H]1CCCO1)CC1CC1. The number of hydrogen-bond acceptors (Lipinski definition) is 6. The molecule has 3 aromatic rings. The molecule has 3 heterocycles. The fourth-order valence-corrected chi connectivity index (χ4v) is 6.59. The molecule has 2 aliphatic rings. The van der Waals surface area contributed by atoms with E-state index in [1.165, 1.54) is 35.6 Å². The Balaban J connectivity index is 1.45. The zero-order chi connectivity index (χ0) is 24.4. The van der Waals surface area contributed by atoms with Gasteiger partial charge in [-0.15, -0.1) is 11.3 Å². The molecule has 186 valence electrons. The standard InChI is InChI=1S/C25H28FN3O4S2/c26-20-9-7-19(8-10-20)17-35(31,32)25-27-13-21(29(25)16-22-3-1-11-33-22)15-28(14-18-5-6-18)24(30)23-4-2-12-34-23/h2,4,7-10,12-13,18,22H,1,3,5-6,11,14-17H2/t22-/m1/s1. The monoisotopic (exact) mass is 517 g/mol. The van der Waals surface area contributed by atoms with Gasteiger partial charge in [0.1, 0.15) is 5.82 Å². The fraction of sp³-hybridized carbons (Fsp3) is 0.440. The summed E-state index contributed by atoms with van der Waals surface area (Å²) in [4.78, 5) is 20.0. The topological polar surface area (TPSA) is 81.5 Å². The summed E-state index contributed by atoms with van der Waals surface area (Å²) in [5.41, 5.74) is 1.16. The number of carbonyl (C=O) groups excluding carboxylic acids is 1. The van der Waals surface area contributed by atoms with Crippen LogP contribution in [0.5, 0.6) is 0 Å². The van der Waals surface area contributed by atoms with Crippen LogP contribution in [-0.4, -0.2) is 48.0 Å². The van der Waals surface area contributed by atoms with Crippen LogP contribution in [0, 0.1) is 11.7 Å². The lowest BCUT2D eigenvalue weighted by Crippen LogP contribution is -2.33. The number of thiophene rings is 1. The zero-order valence-electron chi connectivity index (χ0n) is 19.3. The van der Waals surface area contributed by atoms with Crippen molar-refractivity contribution in [1.29, 1.82) is 0 Å². The van der Waals surface area contributed by atoms with E-state index in [1.807, 2.05) is 22.4 Å². The molecule has 2 aromatic heterocycles. The molecule has 7 nitrogen and oxygen atoms in total. The first-order valence-corrected chi connectivity index (χ1v) is 14.4. The van der Waals surface area contributed by atoms with Crippen molar-refractivity contribution in [3.63, 3.8) is 0 Å². The summed E-state index contributed by atoms with van der Waals surface area (Å²) in [6, 6.07) is 9.11. The van der Waals surface area contributed by atoms with Crippen LogP contribution in [0.2, 0.25) is 0 Å². The number of ether oxygens (including phenoxy) is 1. The third-order valence-electron chi connectivity index (χ3n) is 6.41. The van der Waals surface area contributed by atoms with Crippen LogP contribution in [-0.2, 0) is 33.4 Å². The molecule has 1 saturated carbocycles. The summed E-state index contributed by atoms with van der Waals surface area (Å²) in [5.74, 6) is -0.267. The van der Waals surface area contributed by atoms with Crippen molar-refractivity contribution in [3.8, 4) is 0 Å². The van der Waals surface area contributed by atoms with Crippen LogP contribution in [0.15, 0.2) is 53.1 Å². The van der Waals surface area contributed by atoms with Gasteiger partial charge in [0, 0.05) is 13.2 Å². The van der Waals surface area contributed by atoms with Crippen molar-refractivity contribution in [2.75, 3.05) is 13.2 Å². The van der Waals surface area contributed by atoms with Crippen molar-refractivity contribution in [2.24, 2.45) is 5.92 Å². The average molecular weight is 518 g/mol. The minimum absolute atomic E-state index is 0.0396. The molecule has 0 N–H and O–H groups in total. The average Bonchev–Trinajstić information content (AvgIpc) is 3.24. The summed E-state index contributed by atoms with van der Waals surface area (Å²) in [5, 5.41) is 1.84. The van der Waals surface area contributed by atoms with Crippen LogP contribution in [0.4, 0.5) is 4.39 Å². The van der Waals surface area contributed by atoms with Gasteiger partial charge in [0.15, 0.2) is 0 Å². The Bertz CT molecular complexity index is 1260. The summed E-state index contributed by atoms with van der Waals surface area (Å²) in [6.07, 6.45) is 5.43. The number of halogens is 1. The lowest BCUT2D eigenvalue weighted by Gasteiger charge is -2.24. The number of hydrogen-bond donors (Lipinski definition) is 0. The number of benzene rings is 1. The molecule has 10 heteroatoms. The van der Waals surface area contributed by atoms with Gasteiger partial charge in [0.2, 0.25) is 15.0 Å². The van der Waals surface area contributed by atoms with Crippen molar-refractivity contribution in [3.05, 3.63) is 69.9 Å². The molecule has 1 atom stereocenters. The van der Waals surface area contributed by atoms with E-state index in [0.29, 0.717) is 41.7 Å². The Morgan fingerprint density at radius 1 is 1.20 bits per heavy atom. The van der Waals surface area contributed by atoms with Gasteiger partial charge in [-0.05, 0) is 60.7 Å². The predicted molar refractivity (Wildman–Crippen MR) is 130 cm³/mol. The normalized spacial score (nSPS) is 18.1. The fourth-order valence-electron chi connectivity index (χ4n) is 4.40. The summed E-state index contributed by atoms with van der Waals surface area (Å²) >= 11 is 1.40. The zero-order valence-corrected chi connectivity index (χ0v) is 20.9. The lowest BCUT2D eigenvalue weighted by molar-refractivity contribution is 0.0728. The molecule has 5 rings (SSSR count). The van der Waals surface area contributed by atoms with E-state index in [9.17, 15) is 17.6 Å². The van der Waals surface area contributed by atoms with Crippen LogP contribution in [0.25, 0.3) is 0 Å². The first-order chi connectivity index (χ1) is 16.9. The molecular formula is C25H28FN3O4S2. The molecule has 0 radical (unpaired) electrons. The van der Waals surface area contributed by atoms with Crippen molar-refractivity contribution >= 4 is 27.1 Å². The van der Waals surface area contributed by atoms with Gasteiger partial charge in [-0.1, -0.05) is 18.2 Å². The second-order valence-electron chi connectivity index (χ2n) is 9.27. The highest BCUT2D eigenvalue weighted by Gasteiger charge is 2.31. The minimum atomic E-state index is -3.82. The van der Waals surface area contributed by atoms with Crippen LogP contribution in [0.1, 0.15) is 46.6 Å². The smallest absolute Gasteiger partial charge is 0.264 e. The summed E-state index contributed by atoms with van der Waals surface area (Å²) < 4.78 is 47.6. The molecule has 35 heavy (non-hydrogen) atoms. The van der Waals surface area contributed by atoms with Crippen LogP contribution < -0.4 is 0 Å². The molecule has 0 spiro atoms. The summed E-state index contributed by atoms with van der Waals surface area (Å²) in [7, 11) is -3.82. The summed E-state index contributed by atoms with van der Waals surface area (Å²) in [6.45, 7) is 1.92. The van der Waals surface area contributed by atoms with Crippen molar-refractivity contribution in [1.82, 2.24) is 14.5 Å². The number of aromatic nitrogens is 2. The van der Waals surface area contributed by atoms with E-state index in [0.717, 1.165) is 25.7 Å². The van der Waals surface area contributed by atoms with Gasteiger partial charge in [-0.25, -0.2) is 17.8 Å². The van der Waals surface area contributed by atoms with E-state index in [2.05, 4.69) is 4.98 Å². The first-order valence-electron chi connectivity index (χ1n) is 11.8. The quantitative estimate of drug-likeness (QED) is 0.401. The van der Waals surface area contributed by atoms with Gasteiger partial charge in [-0.3, -0.25) is 4.79 Å². The van der Waals surface area contributed by atoms with Crippen molar-refractivity contribution < 1.29 is 22.3 Å². The molecule has 1 amide bonds. The maximum atomic E-state index is 13.4. The molecule has 0 bridgehead atoms. The Morgan fingerprint density at radius 2 is 2.00 bits per heavy atom. The second-order valence-corrected chi connectivity index (χ2v) is 12.1. The van der Waals surface area contributed by atoms with Gasteiger partial charge in [0.25, 0.3) is 5.91 Å². The second kappa shape index (κ2) is 10.2. The van der Waals surface area contributed by atoms with Gasteiger partial charge < -0.3 is 14.2 Å². The Labute approximate surface area is 208 Å². The highest BCUT2D eigenvalue weighted by atomic mass is 32.2. The number of imidazole rings is 1. The number of sulfone groups is 1. The van der Waals surface area contributed by atoms with E-state index >= 15 is 0 Å². The number of amides is 1. The molecule has 1 saturated heterocycles. The Hall–Kier alpha value is -2.56. The number of carbonyl (C=O) groups is 1. The highest BCUT2D eigenvalue weighted by Crippen LogP contribution is 2.31. The van der Waals surface area contributed by atoms with E-state index < -0.39 is 15.7 Å². The van der Waals surface area contributed by atoms with E-state index in [4.69, 9.17) is 4.74 Å². The molecule has 1 aromatic carbocycles. The maximum absolute atomic E-state index is 13.4. The molecule has 2 fully saturated rings. The third kappa shape index (κ3) is 5.82. The largest absolute Gasteiger partial charge is 0.376 e. The van der Waals surface area contributed by atoms with E-state index in [-0.39, 0.29) is 29.5 Å². The molecule has 0 unspecified atom stereocenters. The van der Waals surface area contributed by atoms with Gasteiger partial charge >= 0.3 is 0 Å². The molecular weight excluding hydrogens is 489 g/mol. The molecule has 1 aliphatic heterocycles. The maximum Gasteiger partial charge on any atom is 0.264 e. The third-order valence-corrected chi connectivity index (χ3v) is 8.86. The number of nitrogens with zero attached hydrogens (tertiary/aromatic N) is 3. The van der Waals surface area contributed by atoms with E-state index in [1.54, 1.807) is 10.8 Å². The number of rotatable bonds is 10.